The Kier molecular flexibility index (Phi) is 7.25. The van der Waals surface area contributed by atoms with Crippen LogP contribution in [0.5, 0.6) is 11.5 Å². The fourth-order valence-electron chi connectivity index (χ4n) is 3.27. The summed E-state index contributed by atoms with van der Waals surface area (Å²) in [4.78, 5) is 16.7. The van der Waals surface area contributed by atoms with Crippen LogP contribution in [0.15, 0.2) is 54.7 Å². The summed E-state index contributed by atoms with van der Waals surface area (Å²) in [5.41, 5.74) is 3.49. The molecular formula is C24H30N4O2. The summed E-state index contributed by atoms with van der Waals surface area (Å²) in [5, 5.41) is 7.37. The largest absolute Gasteiger partial charge is 0.457 e. The maximum absolute atomic E-state index is 12.9. The zero-order chi connectivity index (χ0) is 21.5. The van der Waals surface area contributed by atoms with Gasteiger partial charge in [-0.2, -0.15) is 5.10 Å². The number of nitrogens with one attached hydrogen (secondary N) is 1. The highest BCUT2D eigenvalue weighted by atomic mass is 16.5. The van der Waals surface area contributed by atoms with Gasteiger partial charge in [0.2, 0.25) is 0 Å². The molecule has 0 bridgehead atoms. The average Bonchev–Trinajstić information content (AvgIpc) is 3.20. The number of benzene rings is 2. The van der Waals surface area contributed by atoms with E-state index in [9.17, 15) is 4.79 Å². The molecule has 0 aliphatic rings. The van der Waals surface area contributed by atoms with Gasteiger partial charge in [-0.1, -0.05) is 37.6 Å². The van der Waals surface area contributed by atoms with Gasteiger partial charge in [0.15, 0.2) is 0 Å². The number of H-pyrrole nitrogens is 1. The number of hydrogen-bond acceptors (Lipinski definition) is 4. The Labute approximate surface area is 178 Å². The minimum absolute atomic E-state index is 0.104. The van der Waals surface area contributed by atoms with Crippen LogP contribution in [0.25, 0.3) is 11.1 Å². The smallest absolute Gasteiger partial charge is 0.257 e. The molecule has 0 spiro atoms. The standard InChI is InChI=1S/C24H30N4O2/c1-5-6-14-28(4)17-22-21(16-25-26-22)18-12-13-23(20(15-18)24(29)27(2)3)30-19-10-8-7-9-11-19/h7-13,15-16H,5-6,14,17H2,1-4H3,(H,25,26). The number of carbonyl (C=O) groups excluding carboxylic acids is 1. The maximum atomic E-state index is 12.9. The van der Waals surface area contributed by atoms with E-state index in [0.29, 0.717) is 17.1 Å². The molecule has 1 heterocycles. The van der Waals surface area contributed by atoms with Crippen molar-refractivity contribution in [3.8, 4) is 22.6 Å². The number of unbranched alkanes of at least 4 members (excludes halogenated alkanes) is 1. The molecular weight excluding hydrogens is 376 g/mol. The molecule has 2 aromatic carbocycles. The molecule has 0 aliphatic heterocycles. The Balaban J connectivity index is 1.93. The first-order valence-electron chi connectivity index (χ1n) is 10.3. The third kappa shape index (κ3) is 5.27. The van der Waals surface area contributed by atoms with Crippen molar-refractivity contribution in [1.82, 2.24) is 20.0 Å². The summed E-state index contributed by atoms with van der Waals surface area (Å²) in [7, 11) is 5.60. The number of aromatic amines is 1. The van der Waals surface area contributed by atoms with Gasteiger partial charge in [-0.15, -0.1) is 0 Å². The second kappa shape index (κ2) is 10.1. The van der Waals surface area contributed by atoms with Crippen LogP contribution in [-0.4, -0.2) is 53.6 Å². The summed E-state index contributed by atoms with van der Waals surface area (Å²) in [5.74, 6) is 1.13. The van der Waals surface area contributed by atoms with Crippen molar-refractivity contribution < 1.29 is 9.53 Å². The van der Waals surface area contributed by atoms with E-state index in [1.165, 1.54) is 6.42 Å². The van der Waals surface area contributed by atoms with Crippen molar-refractivity contribution in [1.29, 1.82) is 0 Å². The quantitative estimate of drug-likeness (QED) is 0.554. The normalized spacial score (nSPS) is 11.0. The van der Waals surface area contributed by atoms with Crippen LogP contribution in [0.2, 0.25) is 0 Å². The zero-order valence-electron chi connectivity index (χ0n) is 18.2. The number of carbonyl (C=O) groups is 1. The van der Waals surface area contributed by atoms with Crippen LogP contribution in [-0.2, 0) is 6.54 Å². The maximum Gasteiger partial charge on any atom is 0.257 e. The molecule has 158 valence electrons. The monoisotopic (exact) mass is 406 g/mol. The number of hydrogen-bond donors (Lipinski definition) is 1. The second-order valence-electron chi connectivity index (χ2n) is 7.68. The molecule has 3 rings (SSSR count). The van der Waals surface area contributed by atoms with E-state index in [0.717, 1.165) is 36.3 Å². The zero-order valence-corrected chi connectivity index (χ0v) is 18.2. The Morgan fingerprint density at radius 3 is 2.57 bits per heavy atom. The van der Waals surface area contributed by atoms with Gasteiger partial charge in [0, 0.05) is 26.2 Å². The molecule has 0 fully saturated rings. The summed E-state index contributed by atoms with van der Waals surface area (Å²) < 4.78 is 6.01. The molecule has 0 saturated carbocycles. The van der Waals surface area contributed by atoms with E-state index in [2.05, 4.69) is 29.1 Å². The Morgan fingerprint density at radius 1 is 1.10 bits per heavy atom. The predicted octanol–water partition coefficient (Wildman–Crippen LogP) is 4.80. The Bertz CT molecular complexity index is 966. The first kappa shape index (κ1) is 21.6. The van der Waals surface area contributed by atoms with Gasteiger partial charge < -0.3 is 14.5 Å². The Morgan fingerprint density at radius 2 is 1.87 bits per heavy atom. The minimum atomic E-state index is -0.104. The van der Waals surface area contributed by atoms with E-state index >= 15 is 0 Å². The summed E-state index contributed by atoms with van der Waals surface area (Å²) in [6.45, 7) is 4.00. The van der Waals surface area contributed by atoms with Crippen molar-refractivity contribution in [2.24, 2.45) is 0 Å². The Hall–Kier alpha value is -3.12. The number of aromatic nitrogens is 2. The highest BCUT2D eigenvalue weighted by Crippen LogP contribution is 2.32. The molecule has 1 aromatic heterocycles. The fourth-order valence-corrected chi connectivity index (χ4v) is 3.27. The lowest BCUT2D eigenvalue weighted by atomic mass is 10.0. The molecule has 0 atom stereocenters. The number of ether oxygens (including phenoxy) is 1. The summed E-state index contributed by atoms with van der Waals surface area (Å²) in [6.07, 6.45) is 4.14. The molecule has 30 heavy (non-hydrogen) atoms. The van der Waals surface area contributed by atoms with Crippen molar-refractivity contribution in [3.05, 3.63) is 66.0 Å². The lowest BCUT2D eigenvalue weighted by Gasteiger charge is -2.18. The third-order valence-corrected chi connectivity index (χ3v) is 4.94. The van der Waals surface area contributed by atoms with Gasteiger partial charge in [0.25, 0.3) is 5.91 Å². The minimum Gasteiger partial charge on any atom is -0.457 e. The molecule has 6 nitrogen and oxygen atoms in total. The first-order valence-corrected chi connectivity index (χ1v) is 10.3. The SMILES string of the molecule is CCCCN(C)Cc1[nH]ncc1-c1ccc(Oc2ccccc2)c(C(=O)N(C)C)c1. The topological polar surface area (TPSA) is 61.5 Å². The van der Waals surface area contributed by atoms with Gasteiger partial charge in [-0.05, 0) is 49.8 Å². The first-order chi connectivity index (χ1) is 14.5. The van der Waals surface area contributed by atoms with Gasteiger partial charge in [-0.3, -0.25) is 9.89 Å². The van der Waals surface area contributed by atoms with Crippen LogP contribution in [0.4, 0.5) is 0 Å². The highest BCUT2D eigenvalue weighted by Gasteiger charge is 2.18. The number of amides is 1. The van der Waals surface area contributed by atoms with Gasteiger partial charge in [0.1, 0.15) is 11.5 Å². The van der Waals surface area contributed by atoms with Crippen LogP contribution in [0.1, 0.15) is 35.8 Å². The predicted molar refractivity (Wildman–Crippen MR) is 120 cm³/mol. The van der Waals surface area contributed by atoms with Crippen molar-refractivity contribution in [2.45, 2.75) is 26.3 Å². The molecule has 0 saturated heterocycles. The molecule has 1 N–H and O–H groups in total. The van der Waals surface area contributed by atoms with Crippen LogP contribution >= 0.6 is 0 Å². The number of para-hydroxylation sites is 1. The van der Waals surface area contributed by atoms with Gasteiger partial charge in [-0.25, -0.2) is 0 Å². The lowest BCUT2D eigenvalue weighted by Crippen LogP contribution is -2.22. The third-order valence-electron chi connectivity index (χ3n) is 4.94. The van der Waals surface area contributed by atoms with Gasteiger partial charge >= 0.3 is 0 Å². The van der Waals surface area contributed by atoms with Crippen LogP contribution < -0.4 is 4.74 Å². The molecule has 3 aromatic rings. The molecule has 0 unspecified atom stereocenters. The fraction of sp³-hybridized carbons (Fsp3) is 0.333. The molecule has 6 heteroatoms. The number of nitrogens with zero attached hydrogens (tertiary/aromatic N) is 3. The average molecular weight is 407 g/mol. The van der Waals surface area contributed by atoms with Crippen molar-refractivity contribution >= 4 is 5.91 Å². The molecule has 1 amide bonds. The number of rotatable bonds is 9. The van der Waals surface area contributed by atoms with E-state index < -0.39 is 0 Å². The van der Waals surface area contributed by atoms with Crippen molar-refractivity contribution in [2.75, 3.05) is 27.7 Å². The highest BCUT2D eigenvalue weighted by molar-refractivity contribution is 5.98. The van der Waals surface area contributed by atoms with E-state index in [-0.39, 0.29) is 5.91 Å². The molecule has 0 aliphatic carbocycles. The second-order valence-corrected chi connectivity index (χ2v) is 7.68. The van der Waals surface area contributed by atoms with E-state index in [1.807, 2.05) is 54.7 Å². The van der Waals surface area contributed by atoms with Crippen molar-refractivity contribution in [3.63, 3.8) is 0 Å². The van der Waals surface area contributed by atoms with Gasteiger partial charge in [0.05, 0.1) is 17.5 Å². The molecule has 0 radical (unpaired) electrons. The van der Waals surface area contributed by atoms with Crippen LogP contribution in [0.3, 0.4) is 0 Å². The lowest BCUT2D eigenvalue weighted by molar-refractivity contribution is 0.0825. The summed E-state index contributed by atoms with van der Waals surface area (Å²) in [6, 6.07) is 15.2. The van der Waals surface area contributed by atoms with E-state index in [1.54, 1.807) is 19.0 Å². The summed E-state index contributed by atoms with van der Waals surface area (Å²) >= 11 is 0. The van der Waals surface area contributed by atoms with Crippen LogP contribution in [0, 0.1) is 0 Å². The van der Waals surface area contributed by atoms with E-state index in [4.69, 9.17) is 4.74 Å².